The van der Waals surface area contributed by atoms with Crippen molar-refractivity contribution in [1.82, 2.24) is 0 Å². The number of thioether (sulfide) groups is 1. The molecule has 0 aromatic heterocycles. The number of benzene rings is 1. The highest BCUT2D eigenvalue weighted by Crippen LogP contribution is 2.26. The van der Waals surface area contributed by atoms with Crippen molar-refractivity contribution in [3.8, 4) is 0 Å². The van der Waals surface area contributed by atoms with Gasteiger partial charge in [-0.3, -0.25) is 0 Å². The minimum absolute atomic E-state index is 0.0521. The maximum atomic E-state index is 13.3. The van der Waals surface area contributed by atoms with Crippen LogP contribution in [0.15, 0.2) is 17.0 Å². The summed E-state index contributed by atoms with van der Waals surface area (Å²) in [5.74, 6) is -2.78. The van der Waals surface area contributed by atoms with E-state index >= 15 is 0 Å². The smallest absolute Gasteiger partial charge is 0.335 e. The minimum atomic E-state index is -1.37. The van der Waals surface area contributed by atoms with Gasteiger partial charge in [0.25, 0.3) is 0 Å². The van der Waals surface area contributed by atoms with Crippen molar-refractivity contribution in [2.75, 3.05) is 12.4 Å². The van der Waals surface area contributed by atoms with E-state index in [9.17, 15) is 13.6 Å². The van der Waals surface area contributed by atoms with Crippen LogP contribution < -0.4 is 0 Å². The first-order valence-electron chi connectivity index (χ1n) is 4.52. The predicted octanol–water partition coefficient (Wildman–Crippen LogP) is 2.14. The third-order valence-electron chi connectivity index (χ3n) is 1.79. The van der Waals surface area contributed by atoms with Crippen molar-refractivity contribution in [2.24, 2.45) is 0 Å². The number of carboxylic acid groups (broad SMARTS) is 1. The maximum absolute atomic E-state index is 13.3. The molecule has 0 aliphatic rings. The molecule has 1 aromatic carbocycles. The summed E-state index contributed by atoms with van der Waals surface area (Å²) in [7, 11) is 0. The van der Waals surface area contributed by atoms with E-state index in [1.54, 1.807) is 0 Å². The lowest BCUT2D eigenvalue weighted by molar-refractivity contribution is 0.0695. The van der Waals surface area contributed by atoms with Gasteiger partial charge in [-0.1, -0.05) is 0 Å². The van der Waals surface area contributed by atoms with E-state index in [-0.39, 0.29) is 11.5 Å². The highest BCUT2D eigenvalue weighted by atomic mass is 32.2. The van der Waals surface area contributed by atoms with Gasteiger partial charge in [0.1, 0.15) is 11.6 Å². The summed E-state index contributed by atoms with van der Waals surface area (Å²) < 4.78 is 26.6. The second-order valence-electron chi connectivity index (χ2n) is 3.00. The third-order valence-corrected chi connectivity index (χ3v) is 2.97. The molecule has 1 rings (SSSR count). The molecular formula is C10H10F2O3S. The van der Waals surface area contributed by atoms with Crippen LogP contribution in [-0.4, -0.2) is 28.5 Å². The van der Waals surface area contributed by atoms with Crippen LogP contribution in [0.2, 0.25) is 0 Å². The Bertz CT molecular complexity index is 373. The van der Waals surface area contributed by atoms with Gasteiger partial charge in [-0.05, 0) is 18.6 Å². The molecule has 0 saturated carbocycles. The van der Waals surface area contributed by atoms with Gasteiger partial charge >= 0.3 is 5.97 Å². The van der Waals surface area contributed by atoms with Crippen molar-refractivity contribution < 1.29 is 23.8 Å². The van der Waals surface area contributed by atoms with Crippen LogP contribution in [-0.2, 0) is 0 Å². The average Bonchev–Trinajstić information content (AvgIpc) is 2.21. The summed E-state index contributed by atoms with van der Waals surface area (Å²) in [6.07, 6.45) is 0.421. The van der Waals surface area contributed by atoms with E-state index in [0.29, 0.717) is 12.2 Å². The number of aromatic carboxylic acids is 1. The van der Waals surface area contributed by atoms with Crippen molar-refractivity contribution in [3.63, 3.8) is 0 Å². The Morgan fingerprint density at radius 3 is 2.31 bits per heavy atom. The van der Waals surface area contributed by atoms with Crippen LogP contribution in [0.3, 0.4) is 0 Å². The number of aliphatic hydroxyl groups excluding tert-OH is 1. The van der Waals surface area contributed by atoms with E-state index in [1.165, 1.54) is 0 Å². The molecule has 0 spiro atoms. The van der Waals surface area contributed by atoms with Gasteiger partial charge in [0, 0.05) is 12.4 Å². The number of aliphatic hydroxyl groups is 1. The predicted molar refractivity (Wildman–Crippen MR) is 55.7 cm³/mol. The normalized spacial score (nSPS) is 10.4. The standard InChI is InChI=1S/C10H10F2O3S/c11-7-4-6(10(14)15)5-8(12)9(7)16-3-1-2-13/h4-5,13H,1-3H2,(H,14,15). The van der Waals surface area contributed by atoms with Gasteiger partial charge in [-0.25, -0.2) is 13.6 Å². The number of carboxylic acids is 1. The fourth-order valence-electron chi connectivity index (χ4n) is 1.06. The van der Waals surface area contributed by atoms with E-state index in [4.69, 9.17) is 10.2 Å². The molecule has 0 radical (unpaired) electrons. The quantitative estimate of drug-likeness (QED) is 0.619. The Morgan fingerprint density at radius 1 is 1.31 bits per heavy atom. The van der Waals surface area contributed by atoms with Gasteiger partial charge in [-0.2, -0.15) is 0 Å². The minimum Gasteiger partial charge on any atom is -0.478 e. The Morgan fingerprint density at radius 2 is 1.88 bits per heavy atom. The Balaban J connectivity index is 2.89. The molecule has 6 heteroatoms. The highest BCUT2D eigenvalue weighted by molar-refractivity contribution is 7.99. The van der Waals surface area contributed by atoms with Crippen molar-refractivity contribution in [1.29, 1.82) is 0 Å². The molecule has 1 aromatic rings. The Kier molecular flexibility index (Phi) is 4.70. The maximum Gasteiger partial charge on any atom is 0.335 e. The molecule has 88 valence electrons. The molecule has 0 bridgehead atoms. The highest BCUT2D eigenvalue weighted by Gasteiger charge is 2.14. The summed E-state index contributed by atoms with van der Waals surface area (Å²) in [5.41, 5.74) is -0.415. The molecule has 0 aliphatic carbocycles. The molecular weight excluding hydrogens is 238 g/mol. The zero-order chi connectivity index (χ0) is 12.1. The Hall–Kier alpha value is -1.14. The third kappa shape index (κ3) is 3.18. The zero-order valence-corrected chi connectivity index (χ0v) is 9.06. The van der Waals surface area contributed by atoms with Gasteiger partial charge in [0.15, 0.2) is 0 Å². The average molecular weight is 248 g/mol. The summed E-state index contributed by atoms with van der Waals surface area (Å²) >= 11 is 0.916. The van der Waals surface area contributed by atoms with Crippen LogP contribution in [0.4, 0.5) is 8.78 Å². The molecule has 16 heavy (non-hydrogen) atoms. The van der Waals surface area contributed by atoms with Crippen LogP contribution in [0.5, 0.6) is 0 Å². The number of halogens is 2. The fourth-order valence-corrected chi connectivity index (χ4v) is 1.93. The molecule has 0 atom stereocenters. The lowest BCUT2D eigenvalue weighted by Gasteiger charge is -2.05. The van der Waals surface area contributed by atoms with Gasteiger partial charge in [0.2, 0.25) is 0 Å². The molecule has 0 amide bonds. The number of hydrogen-bond acceptors (Lipinski definition) is 3. The number of rotatable bonds is 5. The molecule has 3 nitrogen and oxygen atoms in total. The molecule has 0 heterocycles. The molecule has 0 saturated heterocycles. The molecule has 0 aliphatic heterocycles. The molecule has 0 unspecified atom stereocenters. The van der Waals surface area contributed by atoms with Gasteiger partial charge in [-0.15, -0.1) is 11.8 Å². The van der Waals surface area contributed by atoms with E-state index in [0.717, 1.165) is 23.9 Å². The summed E-state index contributed by atoms with van der Waals surface area (Å²) in [5, 5.41) is 17.1. The van der Waals surface area contributed by atoms with E-state index < -0.39 is 23.2 Å². The van der Waals surface area contributed by atoms with Crippen LogP contribution in [0, 0.1) is 11.6 Å². The SMILES string of the molecule is O=C(O)c1cc(F)c(SCCCO)c(F)c1. The topological polar surface area (TPSA) is 57.5 Å². The van der Waals surface area contributed by atoms with Crippen LogP contribution >= 0.6 is 11.8 Å². The van der Waals surface area contributed by atoms with Crippen molar-refractivity contribution >= 4 is 17.7 Å². The summed E-state index contributed by atoms with van der Waals surface area (Å²) in [4.78, 5) is 10.3. The first-order chi connectivity index (χ1) is 7.56. The zero-order valence-electron chi connectivity index (χ0n) is 8.24. The lowest BCUT2D eigenvalue weighted by Crippen LogP contribution is -2.00. The number of carbonyl (C=O) groups is 1. The van der Waals surface area contributed by atoms with Crippen molar-refractivity contribution in [3.05, 3.63) is 29.3 Å². The summed E-state index contributed by atoms with van der Waals surface area (Å²) in [6.45, 7) is -0.0521. The van der Waals surface area contributed by atoms with E-state index in [1.807, 2.05) is 0 Å². The van der Waals surface area contributed by atoms with Crippen LogP contribution in [0.25, 0.3) is 0 Å². The van der Waals surface area contributed by atoms with E-state index in [2.05, 4.69) is 0 Å². The van der Waals surface area contributed by atoms with Gasteiger partial charge in [0.05, 0.1) is 10.5 Å². The molecule has 0 fully saturated rings. The first-order valence-corrected chi connectivity index (χ1v) is 5.51. The van der Waals surface area contributed by atoms with Crippen LogP contribution in [0.1, 0.15) is 16.8 Å². The first kappa shape index (κ1) is 12.9. The monoisotopic (exact) mass is 248 g/mol. The second-order valence-corrected chi connectivity index (χ2v) is 4.10. The summed E-state index contributed by atoms with van der Waals surface area (Å²) in [6, 6.07) is 1.57. The molecule has 2 N–H and O–H groups in total. The lowest BCUT2D eigenvalue weighted by atomic mass is 10.2. The number of hydrogen-bond donors (Lipinski definition) is 2. The largest absolute Gasteiger partial charge is 0.478 e. The Labute approximate surface area is 95.1 Å². The van der Waals surface area contributed by atoms with Gasteiger partial charge < -0.3 is 10.2 Å². The van der Waals surface area contributed by atoms with Crippen molar-refractivity contribution in [2.45, 2.75) is 11.3 Å². The second kappa shape index (κ2) is 5.81. The fraction of sp³-hybridized carbons (Fsp3) is 0.300.